The Morgan fingerprint density at radius 1 is 1.47 bits per heavy atom. The van der Waals surface area contributed by atoms with E-state index in [1.54, 1.807) is 11.6 Å². The second-order valence-corrected chi connectivity index (χ2v) is 7.10. The molecule has 0 aromatic carbocycles. The molecule has 1 fully saturated rings. The molecule has 1 heterocycles. The van der Waals surface area contributed by atoms with Gasteiger partial charge in [-0.1, -0.05) is 12.8 Å². The summed E-state index contributed by atoms with van der Waals surface area (Å²) in [4.78, 5) is 0.226. The predicted molar refractivity (Wildman–Crippen MR) is 73.1 cm³/mol. The normalized spacial score (nSPS) is 18.9. The number of aliphatic hydroxyl groups excluding tert-OH is 1. The predicted octanol–water partition coefficient (Wildman–Crippen LogP) is 1.37. The molecule has 1 saturated carbocycles. The molecule has 0 radical (unpaired) electrons. The molecule has 1 aromatic heterocycles. The van der Waals surface area contributed by atoms with Gasteiger partial charge >= 0.3 is 0 Å². The first-order chi connectivity index (χ1) is 8.94. The number of nitrogens with one attached hydrogen (secondary N) is 1. The molecular formula is C13H22N2O3S. The van der Waals surface area contributed by atoms with Crippen LogP contribution < -0.4 is 4.72 Å². The highest BCUT2D eigenvalue weighted by Gasteiger charge is 2.26. The molecule has 1 aliphatic rings. The molecule has 6 heteroatoms. The summed E-state index contributed by atoms with van der Waals surface area (Å²) < 4.78 is 28.9. The van der Waals surface area contributed by atoms with Gasteiger partial charge in [-0.2, -0.15) is 0 Å². The van der Waals surface area contributed by atoms with Gasteiger partial charge in [-0.05, 0) is 31.7 Å². The van der Waals surface area contributed by atoms with Crippen molar-refractivity contribution in [3.8, 4) is 0 Å². The zero-order valence-corrected chi connectivity index (χ0v) is 12.3. The maximum absolute atomic E-state index is 12.3. The number of aromatic nitrogens is 1. The third kappa shape index (κ3) is 3.19. The second kappa shape index (κ2) is 5.64. The van der Waals surface area contributed by atoms with E-state index in [0.29, 0.717) is 11.6 Å². The molecule has 19 heavy (non-hydrogen) atoms. The highest BCUT2D eigenvalue weighted by Crippen LogP contribution is 2.28. The Bertz CT molecular complexity index is 530. The smallest absolute Gasteiger partial charge is 0.242 e. The van der Waals surface area contributed by atoms with E-state index in [4.69, 9.17) is 5.11 Å². The summed E-state index contributed by atoms with van der Waals surface area (Å²) in [5.74, 6) is 0.441. The van der Waals surface area contributed by atoms with Crippen LogP contribution in [0.4, 0.5) is 0 Å². The van der Waals surface area contributed by atoms with Crippen molar-refractivity contribution in [2.45, 2.75) is 50.2 Å². The number of hydrogen-bond donors (Lipinski definition) is 2. The summed E-state index contributed by atoms with van der Waals surface area (Å²) in [5, 5.41) is 9.12. The average Bonchev–Trinajstić information content (AvgIpc) is 2.96. The van der Waals surface area contributed by atoms with Gasteiger partial charge in [0.2, 0.25) is 10.0 Å². The van der Waals surface area contributed by atoms with Crippen molar-refractivity contribution >= 4 is 10.0 Å². The lowest BCUT2D eigenvalue weighted by molar-refractivity contribution is 0.272. The highest BCUT2D eigenvalue weighted by molar-refractivity contribution is 7.89. The number of nitrogens with zero attached hydrogens (tertiary/aromatic N) is 1. The summed E-state index contributed by atoms with van der Waals surface area (Å²) >= 11 is 0. The molecule has 1 unspecified atom stereocenters. The minimum absolute atomic E-state index is 0.0368. The van der Waals surface area contributed by atoms with Gasteiger partial charge in [-0.3, -0.25) is 0 Å². The summed E-state index contributed by atoms with van der Waals surface area (Å²) in [6, 6.07) is 1.48. The molecule has 0 bridgehead atoms. The minimum atomic E-state index is -3.49. The number of sulfonamides is 1. The lowest BCUT2D eigenvalue weighted by Crippen LogP contribution is -2.37. The van der Waals surface area contributed by atoms with E-state index < -0.39 is 10.0 Å². The SMILES string of the molecule is CC(NS(=O)(=O)c1cc(CO)n(C)c1)C1CCCC1. The van der Waals surface area contributed by atoms with Crippen LogP contribution in [0.1, 0.15) is 38.3 Å². The Kier molecular flexibility index (Phi) is 4.32. The maximum Gasteiger partial charge on any atom is 0.242 e. The van der Waals surface area contributed by atoms with Crippen molar-refractivity contribution in [1.82, 2.24) is 9.29 Å². The van der Waals surface area contributed by atoms with Gasteiger partial charge in [0, 0.05) is 25.0 Å². The van der Waals surface area contributed by atoms with Gasteiger partial charge in [-0.15, -0.1) is 0 Å². The summed E-state index contributed by atoms with van der Waals surface area (Å²) in [6.45, 7) is 1.77. The molecule has 2 N–H and O–H groups in total. The van der Waals surface area contributed by atoms with Crippen LogP contribution in [-0.2, 0) is 23.7 Å². The first-order valence-electron chi connectivity index (χ1n) is 6.72. The summed E-state index contributed by atoms with van der Waals surface area (Å²) in [6.07, 6.45) is 6.11. The standard InChI is InChI=1S/C13H22N2O3S/c1-10(11-5-3-4-6-11)14-19(17,18)13-7-12(9-16)15(2)8-13/h7-8,10-11,14,16H,3-6,9H2,1-2H3. The van der Waals surface area contributed by atoms with Gasteiger partial charge in [-0.25, -0.2) is 13.1 Å². The Balaban J connectivity index is 2.12. The first kappa shape index (κ1) is 14.6. The zero-order valence-electron chi connectivity index (χ0n) is 11.5. The molecule has 1 aromatic rings. The summed E-state index contributed by atoms with van der Waals surface area (Å²) in [7, 11) is -1.76. The molecule has 1 aliphatic carbocycles. The fourth-order valence-corrected chi connectivity index (χ4v) is 4.15. The van der Waals surface area contributed by atoms with Crippen molar-refractivity contribution in [2.24, 2.45) is 13.0 Å². The van der Waals surface area contributed by atoms with Crippen molar-refractivity contribution in [3.05, 3.63) is 18.0 Å². The van der Waals surface area contributed by atoms with Crippen LogP contribution in [0.2, 0.25) is 0 Å². The van der Waals surface area contributed by atoms with Gasteiger partial charge < -0.3 is 9.67 Å². The lowest BCUT2D eigenvalue weighted by Gasteiger charge is -2.19. The van der Waals surface area contributed by atoms with Crippen molar-refractivity contribution in [2.75, 3.05) is 0 Å². The molecule has 0 spiro atoms. The Labute approximate surface area is 114 Å². The van der Waals surface area contributed by atoms with E-state index in [9.17, 15) is 8.42 Å². The molecule has 1 atom stereocenters. The average molecular weight is 286 g/mol. The number of aliphatic hydroxyl groups is 1. The van der Waals surface area contributed by atoms with Crippen LogP contribution in [0, 0.1) is 5.92 Å². The first-order valence-corrected chi connectivity index (χ1v) is 8.21. The Morgan fingerprint density at radius 3 is 2.63 bits per heavy atom. The van der Waals surface area contributed by atoms with Crippen LogP contribution >= 0.6 is 0 Å². The zero-order chi connectivity index (χ0) is 14.0. The maximum atomic E-state index is 12.3. The fraction of sp³-hybridized carbons (Fsp3) is 0.692. The number of rotatable bonds is 5. The van der Waals surface area contributed by atoms with Crippen LogP contribution in [0.15, 0.2) is 17.2 Å². The molecule has 0 aliphatic heterocycles. The molecule has 2 rings (SSSR count). The van der Waals surface area contributed by atoms with Gasteiger partial charge in [0.05, 0.1) is 11.5 Å². The number of hydrogen-bond acceptors (Lipinski definition) is 3. The van der Waals surface area contributed by atoms with Crippen molar-refractivity contribution < 1.29 is 13.5 Å². The molecule has 0 amide bonds. The van der Waals surface area contributed by atoms with Crippen molar-refractivity contribution in [3.63, 3.8) is 0 Å². The second-order valence-electron chi connectivity index (χ2n) is 5.39. The van der Waals surface area contributed by atoms with Crippen molar-refractivity contribution in [1.29, 1.82) is 0 Å². The van der Waals surface area contributed by atoms with E-state index in [-0.39, 0.29) is 17.5 Å². The lowest BCUT2D eigenvalue weighted by atomic mass is 10.0. The Hall–Kier alpha value is -0.850. The van der Waals surface area contributed by atoms with E-state index in [1.807, 2.05) is 6.92 Å². The van der Waals surface area contributed by atoms with Crippen LogP contribution in [0.5, 0.6) is 0 Å². The largest absolute Gasteiger partial charge is 0.390 e. The molecule has 108 valence electrons. The number of aryl methyl sites for hydroxylation is 1. The monoisotopic (exact) mass is 286 g/mol. The van der Waals surface area contributed by atoms with Crippen LogP contribution in [-0.4, -0.2) is 24.1 Å². The van der Waals surface area contributed by atoms with E-state index in [1.165, 1.54) is 25.1 Å². The minimum Gasteiger partial charge on any atom is -0.390 e. The quantitative estimate of drug-likeness (QED) is 0.859. The molecular weight excluding hydrogens is 264 g/mol. The van der Waals surface area contributed by atoms with Gasteiger partial charge in [0.15, 0.2) is 0 Å². The summed E-state index contributed by atoms with van der Waals surface area (Å²) in [5.41, 5.74) is 0.592. The third-order valence-electron chi connectivity index (χ3n) is 4.00. The molecule has 5 nitrogen and oxygen atoms in total. The van der Waals surface area contributed by atoms with Gasteiger partial charge in [0.1, 0.15) is 0 Å². The van der Waals surface area contributed by atoms with E-state index >= 15 is 0 Å². The topological polar surface area (TPSA) is 71.3 Å². The fourth-order valence-electron chi connectivity index (χ4n) is 2.75. The van der Waals surface area contributed by atoms with E-state index in [0.717, 1.165) is 12.8 Å². The Morgan fingerprint density at radius 2 is 2.11 bits per heavy atom. The van der Waals surface area contributed by atoms with E-state index in [2.05, 4.69) is 4.72 Å². The van der Waals surface area contributed by atoms with Crippen LogP contribution in [0.25, 0.3) is 0 Å². The highest BCUT2D eigenvalue weighted by atomic mass is 32.2. The third-order valence-corrected chi connectivity index (χ3v) is 5.53. The van der Waals surface area contributed by atoms with Crippen LogP contribution in [0.3, 0.4) is 0 Å². The van der Waals surface area contributed by atoms with Gasteiger partial charge in [0.25, 0.3) is 0 Å². The molecule has 0 saturated heterocycles.